The summed E-state index contributed by atoms with van der Waals surface area (Å²) in [7, 11) is 0. The summed E-state index contributed by atoms with van der Waals surface area (Å²) in [5.41, 5.74) is 2.88. The summed E-state index contributed by atoms with van der Waals surface area (Å²) in [5.74, 6) is 1.49. The highest BCUT2D eigenvalue weighted by Gasteiger charge is 2.48. The van der Waals surface area contributed by atoms with Crippen molar-refractivity contribution in [3.05, 3.63) is 35.0 Å². The molecule has 4 aromatic rings. The third kappa shape index (κ3) is 5.45. The summed E-state index contributed by atoms with van der Waals surface area (Å²) in [6, 6.07) is 1.30. The van der Waals surface area contributed by atoms with Crippen molar-refractivity contribution in [2.75, 3.05) is 37.8 Å². The van der Waals surface area contributed by atoms with Crippen molar-refractivity contribution in [1.29, 1.82) is 0 Å². The molecule has 276 valence electrons. The third-order valence-corrected chi connectivity index (χ3v) is 11.7. The second-order valence-electron chi connectivity index (χ2n) is 16.3. The Bertz CT molecular complexity index is 2080. The van der Waals surface area contributed by atoms with E-state index >= 15 is 4.39 Å². The molecule has 0 radical (unpaired) electrons. The van der Waals surface area contributed by atoms with Gasteiger partial charge in [0.15, 0.2) is 6.23 Å². The highest BCUT2D eigenvalue weighted by molar-refractivity contribution is 6.09. The van der Waals surface area contributed by atoms with Gasteiger partial charge in [-0.3, -0.25) is 0 Å². The van der Waals surface area contributed by atoms with Crippen LogP contribution in [0, 0.1) is 12.7 Å². The first kappa shape index (κ1) is 33.6. The molecule has 1 amide bonds. The molecule has 3 atom stereocenters. The van der Waals surface area contributed by atoms with E-state index in [1.807, 2.05) is 20.8 Å². The number of benzene rings is 2. The maximum absolute atomic E-state index is 16.3. The van der Waals surface area contributed by atoms with Crippen molar-refractivity contribution in [2.45, 2.75) is 115 Å². The number of phenols is 1. The molecule has 2 aromatic carbocycles. The van der Waals surface area contributed by atoms with Crippen molar-refractivity contribution in [3.63, 3.8) is 0 Å². The fourth-order valence-corrected chi connectivity index (χ4v) is 8.85. The number of carboxylic acid groups (broad SMARTS) is 1. The highest BCUT2D eigenvalue weighted by Crippen LogP contribution is 2.58. The van der Waals surface area contributed by atoms with E-state index < -0.39 is 11.5 Å². The molecule has 5 fully saturated rings. The maximum Gasteiger partial charge on any atom is 0.407 e. The minimum atomic E-state index is -0.910. The lowest BCUT2D eigenvalue weighted by Crippen LogP contribution is -2.48. The topological polar surface area (TPSA) is 135 Å². The number of nitrogens with zero attached hydrogens (tertiary/aromatic N) is 6. The number of amides is 1. The molecule has 1 saturated carbocycles. The number of hydrogen-bond acceptors (Lipinski definition) is 9. The Labute approximate surface area is 301 Å². The SMILES string of the molecule is Cc1c(F)cc2c(cnn2C2CCCCO2)c1-c1c(C2CC2)c(OC2CCOCC2)c2c(N3C[C@@H]4C[C@H]3CN4C(=O)O)nc(C(C)(C)C)nc2c1O. The van der Waals surface area contributed by atoms with Crippen molar-refractivity contribution in [3.8, 4) is 22.6 Å². The van der Waals surface area contributed by atoms with E-state index in [9.17, 15) is 15.0 Å². The molecule has 2 N–H and O–H groups in total. The number of rotatable bonds is 6. The van der Waals surface area contributed by atoms with Gasteiger partial charge in [-0.1, -0.05) is 20.8 Å². The van der Waals surface area contributed by atoms with Crippen molar-refractivity contribution >= 4 is 33.7 Å². The second kappa shape index (κ2) is 12.4. The van der Waals surface area contributed by atoms with E-state index in [1.54, 1.807) is 17.8 Å². The minimum absolute atomic E-state index is 0.0291. The summed E-state index contributed by atoms with van der Waals surface area (Å²) < 4.78 is 37.0. The number of anilines is 1. The van der Waals surface area contributed by atoms with Gasteiger partial charge in [-0.15, -0.1) is 0 Å². The molecule has 4 saturated heterocycles. The van der Waals surface area contributed by atoms with Gasteiger partial charge in [-0.05, 0) is 56.9 Å². The largest absolute Gasteiger partial charge is 0.505 e. The maximum atomic E-state index is 16.3. The van der Waals surface area contributed by atoms with Crippen LogP contribution in [0.25, 0.3) is 32.9 Å². The van der Waals surface area contributed by atoms with Gasteiger partial charge >= 0.3 is 6.09 Å². The first-order valence-electron chi connectivity index (χ1n) is 18.9. The number of piperazine rings is 1. The van der Waals surface area contributed by atoms with Crippen LogP contribution in [0.2, 0.25) is 0 Å². The minimum Gasteiger partial charge on any atom is -0.505 e. The lowest BCUT2D eigenvalue weighted by molar-refractivity contribution is -0.0366. The molecule has 2 aromatic heterocycles. The first-order valence-corrected chi connectivity index (χ1v) is 18.9. The quantitative estimate of drug-likeness (QED) is 0.212. The van der Waals surface area contributed by atoms with Gasteiger partial charge in [0, 0.05) is 66.1 Å². The summed E-state index contributed by atoms with van der Waals surface area (Å²) in [6.07, 6.45) is 7.11. The lowest BCUT2D eigenvalue weighted by atomic mass is 9.87. The predicted molar refractivity (Wildman–Crippen MR) is 193 cm³/mol. The summed E-state index contributed by atoms with van der Waals surface area (Å²) in [5, 5.41) is 28.8. The zero-order chi connectivity index (χ0) is 36.1. The molecule has 1 aliphatic carbocycles. The van der Waals surface area contributed by atoms with E-state index in [-0.39, 0.29) is 41.9 Å². The van der Waals surface area contributed by atoms with E-state index in [4.69, 9.17) is 29.3 Å². The van der Waals surface area contributed by atoms with Crippen LogP contribution >= 0.6 is 0 Å². The first-order chi connectivity index (χ1) is 25.0. The van der Waals surface area contributed by atoms with Gasteiger partial charge < -0.3 is 34.2 Å². The number of aromatic hydroxyl groups is 1. The van der Waals surface area contributed by atoms with Crippen molar-refractivity contribution < 1.29 is 33.6 Å². The molecule has 9 rings (SSSR count). The van der Waals surface area contributed by atoms with Crippen LogP contribution in [0.3, 0.4) is 0 Å². The number of halogens is 1. The normalized spacial score (nSPS) is 24.1. The van der Waals surface area contributed by atoms with Gasteiger partial charge in [-0.25, -0.2) is 23.8 Å². The smallest absolute Gasteiger partial charge is 0.407 e. The van der Waals surface area contributed by atoms with Gasteiger partial charge in [0.05, 0.1) is 42.4 Å². The van der Waals surface area contributed by atoms with Crippen LogP contribution in [0.1, 0.15) is 101 Å². The fourth-order valence-electron chi connectivity index (χ4n) is 8.85. The summed E-state index contributed by atoms with van der Waals surface area (Å²) >= 11 is 0. The number of likely N-dealkylation sites (tertiary alicyclic amines) is 1. The van der Waals surface area contributed by atoms with Crippen LogP contribution < -0.4 is 9.64 Å². The predicted octanol–water partition coefficient (Wildman–Crippen LogP) is 7.17. The second-order valence-corrected chi connectivity index (χ2v) is 16.3. The molecule has 2 bridgehead atoms. The van der Waals surface area contributed by atoms with Crippen LogP contribution in [0.15, 0.2) is 12.3 Å². The van der Waals surface area contributed by atoms with E-state index in [1.165, 1.54) is 11.0 Å². The Morgan fingerprint density at radius 2 is 1.81 bits per heavy atom. The Kier molecular flexibility index (Phi) is 8.03. The number of ether oxygens (including phenoxy) is 3. The highest BCUT2D eigenvalue weighted by atomic mass is 19.1. The molecule has 6 heterocycles. The zero-order valence-corrected chi connectivity index (χ0v) is 30.3. The Balaban J connectivity index is 1.34. The molecular weight excluding hydrogens is 667 g/mol. The number of hydrogen-bond donors (Lipinski definition) is 2. The average Bonchev–Trinajstić information content (AvgIpc) is 3.55. The zero-order valence-electron chi connectivity index (χ0n) is 30.3. The van der Waals surface area contributed by atoms with Crippen LogP contribution in [0.4, 0.5) is 15.0 Å². The van der Waals surface area contributed by atoms with Gasteiger partial charge in [0.2, 0.25) is 0 Å². The molecule has 5 aliphatic rings. The molecule has 12 nitrogen and oxygen atoms in total. The van der Waals surface area contributed by atoms with Crippen molar-refractivity contribution in [1.82, 2.24) is 24.6 Å². The van der Waals surface area contributed by atoms with Crippen LogP contribution in [-0.4, -0.2) is 92.1 Å². The summed E-state index contributed by atoms with van der Waals surface area (Å²) in [6.45, 7) is 10.5. The molecule has 4 aliphatic heterocycles. The average molecular weight is 715 g/mol. The van der Waals surface area contributed by atoms with Gasteiger partial charge in [0.1, 0.15) is 40.6 Å². The van der Waals surface area contributed by atoms with Crippen LogP contribution in [-0.2, 0) is 14.9 Å². The van der Waals surface area contributed by atoms with E-state index in [0.29, 0.717) is 103 Å². The third-order valence-electron chi connectivity index (χ3n) is 11.7. The number of phenolic OH excluding ortho intramolecular Hbond substituents is 1. The molecule has 1 unspecified atom stereocenters. The van der Waals surface area contributed by atoms with Gasteiger partial charge in [-0.2, -0.15) is 5.10 Å². The summed E-state index contributed by atoms with van der Waals surface area (Å²) in [4.78, 5) is 26.2. The molecular formula is C39H47FN6O6. The van der Waals surface area contributed by atoms with Crippen LogP contribution in [0.5, 0.6) is 11.5 Å². The molecule has 52 heavy (non-hydrogen) atoms. The Morgan fingerprint density at radius 3 is 2.46 bits per heavy atom. The fraction of sp³-hybridized carbons (Fsp3) is 0.590. The van der Waals surface area contributed by atoms with Gasteiger partial charge in [0.25, 0.3) is 0 Å². The lowest BCUT2D eigenvalue weighted by Gasteiger charge is -2.35. The number of fused-ring (bicyclic) bond motifs is 4. The molecule has 13 heteroatoms. The standard InChI is InChI=1S/C39H47FN6O6/c1-20-26(40)16-27-25(17-41-46(27)28-7-5-6-12-51-28)29(20)31-30(21-8-9-21)35(52-24-10-13-50-14-11-24)32-33(34(31)47)42-37(39(2,3)4)43-36(32)44-18-23-15-22(44)19-45(23)38(48)49/h16-17,21-24,28,47H,5-15,18-19H2,1-4H3,(H,48,49)/t22-,23-,28?/m0/s1. The van der Waals surface area contributed by atoms with E-state index in [2.05, 4.69) is 4.90 Å². The Hall–Kier alpha value is -4.23. The monoisotopic (exact) mass is 714 g/mol. The number of aromatic nitrogens is 4. The number of carbonyl (C=O) groups is 1. The van der Waals surface area contributed by atoms with E-state index in [0.717, 1.165) is 43.1 Å². The molecule has 0 spiro atoms. The Morgan fingerprint density at radius 1 is 1.02 bits per heavy atom. The van der Waals surface area contributed by atoms with Crippen molar-refractivity contribution in [2.24, 2.45) is 0 Å².